The fraction of sp³-hybridized carbons (Fsp3) is 0.462. The van der Waals surface area contributed by atoms with Crippen molar-refractivity contribution in [3.8, 4) is 5.75 Å². The Labute approximate surface area is 123 Å². The van der Waals surface area contributed by atoms with Gasteiger partial charge in [0.2, 0.25) is 0 Å². The van der Waals surface area contributed by atoms with Crippen LogP contribution in [0.5, 0.6) is 5.75 Å². The third-order valence-corrected chi connectivity index (χ3v) is 5.54. The van der Waals surface area contributed by atoms with Gasteiger partial charge in [-0.3, -0.25) is 4.79 Å². The SMILES string of the molecule is CSc1ccc(OCC(=O)N[C@H]2CCS(=O)(=O)C2)cc1. The van der Waals surface area contributed by atoms with Gasteiger partial charge in [-0.25, -0.2) is 8.42 Å². The second-order valence-electron chi connectivity index (χ2n) is 4.63. The van der Waals surface area contributed by atoms with Gasteiger partial charge in [-0.2, -0.15) is 0 Å². The molecule has 0 aromatic heterocycles. The lowest BCUT2D eigenvalue weighted by Crippen LogP contribution is -2.38. The highest BCUT2D eigenvalue weighted by Crippen LogP contribution is 2.18. The van der Waals surface area contributed by atoms with Crippen molar-refractivity contribution in [1.29, 1.82) is 0 Å². The first-order chi connectivity index (χ1) is 9.48. The highest BCUT2D eigenvalue weighted by atomic mass is 32.2. The zero-order valence-electron chi connectivity index (χ0n) is 11.2. The van der Waals surface area contributed by atoms with Gasteiger partial charge in [0.05, 0.1) is 11.5 Å². The molecule has 5 nitrogen and oxygen atoms in total. The highest BCUT2D eigenvalue weighted by molar-refractivity contribution is 7.98. The summed E-state index contributed by atoms with van der Waals surface area (Å²) in [7, 11) is -2.97. The van der Waals surface area contributed by atoms with Crippen LogP contribution in [-0.2, 0) is 14.6 Å². The Morgan fingerprint density at radius 1 is 1.40 bits per heavy atom. The molecule has 0 aliphatic carbocycles. The Morgan fingerprint density at radius 2 is 2.10 bits per heavy atom. The van der Waals surface area contributed by atoms with E-state index in [0.29, 0.717) is 12.2 Å². The first-order valence-electron chi connectivity index (χ1n) is 6.25. The molecule has 0 unspecified atom stereocenters. The molecule has 1 aromatic rings. The molecule has 1 atom stereocenters. The minimum absolute atomic E-state index is 0.0289. The second-order valence-corrected chi connectivity index (χ2v) is 7.74. The molecule has 1 heterocycles. The zero-order chi connectivity index (χ0) is 14.6. The number of ether oxygens (including phenoxy) is 1. The van der Waals surface area contributed by atoms with Crippen LogP contribution >= 0.6 is 11.8 Å². The lowest BCUT2D eigenvalue weighted by molar-refractivity contribution is -0.123. The maximum absolute atomic E-state index is 11.7. The molecule has 1 saturated heterocycles. The average molecular weight is 315 g/mol. The van der Waals surface area contributed by atoms with Crippen molar-refractivity contribution in [1.82, 2.24) is 5.32 Å². The van der Waals surface area contributed by atoms with Gasteiger partial charge in [0.1, 0.15) is 5.75 Å². The summed E-state index contributed by atoms with van der Waals surface area (Å²) in [5, 5.41) is 2.68. The third-order valence-electron chi connectivity index (χ3n) is 3.03. The predicted molar refractivity (Wildman–Crippen MR) is 78.9 cm³/mol. The largest absolute Gasteiger partial charge is 0.484 e. The van der Waals surface area contributed by atoms with Crippen LogP contribution in [0, 0.1) is 0 Å². The number of carbonyl (C=O) groups is 1. The molecule has 1 amide bonds. The van der Waals surface area contributed by atoms with Crippen molar-refractivity contribution in [2.75, 3.05) is 24.4 Å². The fourth-order valence-electron chi connectivity index (χ4n) is 2.00. The van der Waals surface area contributed by atoms with E-state index in [9.17, 15) is 13.2 Å². The number of hydrogen-bond donors (Lipinski definition) is 1. The number of thioether (sulfide) groups is 1. The topological polar surface area (TPSA) is 72.5 Å². The van der Waals surface area contributed by atoms with E-state index in [1.165, 1.54) is 0 Å². The number of sulfone groups is 1. The van der Waals surface area contributed by atoms with Gasteiger partial charge >= 0.3 is 0 Å². The van der Waals surface area contributed by atoms with Crippen LogP contribution in [0.15, 0.2) is 29.2 Å². The monoisotopic (exact) mass is 315 g/mol. The van der Waals surface area contributed by atoms with Crippen LogP contribution in [0.2, 0.25) is 0 Å². The minimum Gasteiger partial charge on any atom is -0.484 e. The molecular formula is C13H17NO4S2. The van der Waals surface area contributed by atoms with Gasteiger partial charge in [-0.15, -0.1) is 11.8 Å². The van der Waals surface area contributed by atoms with Crippen LogP contribution in [0.1, 0.15) is 6.42 Å². The summed E-state index contributed by atoms with van der Waals surface area (Å²) in [5.74, 6) is 0.508. The first kappa shape index (κ1) is 15.2. The maximum atomic E-state index is 11.7. The van der Waals surface area contributed by atoms with Crippen LogP contribution in [0.25, 0.3) is 0 Å². The van der Waals surface area contributed by atoms with E-state index in [0.717, 1.165) is 4.90 Å². The minimum atomic E-state index is -2.97. The van der Waals surface area contributed by atoms with Gasteiger partial charge in [0.15, 0.2) is 16.4 Å². The molecule has 0 spiro atoms. The maximum Gasteiger partial charge on any atom is 0.258 e. The molecule has 20 heavy (non-hydrogen) atoms. The lowest BCUT2D eigenvalue weighted by atomic mass is 10.2. The summed E-state index contributed by atoms with van der Waals surface area (Å²) in [4.78, 5) is 12.8. The molecular weight excluding hydrogens is 298 g/mol. The van der Waals surface area contributed by atoms with Crippen molar-refractivity contribution in [2.45, 2.75) is 17.4 Å². The van der Waals surface area contributed by atoms with E-state index in [4.69, 9.17) is 4.74 Å². The van der Waals surface area contributed by atoms with Crippen molar-refractivity contribution < 1.29 is 17.9 Å². The number of rotatable bonds is 5. The quantitative estimate of drug-likeness (QED) is 0.824. The van der Waals surface area contributed by atoms with Crippen LogP contribution < -0.4 is 10.1 Å². The summed E-state index contributed by atoms with van der Waals surface area (Å²) >= 11 is 1.63. The summed E-state index contributed by atoms with van der Waals surface area (Å²) in [6.07, 6.45) is 2.47. The Balaban J connectivity index is 1.77. The van der Waals surface area contributed by atoms with E-state index in [1.807, 2.05) is 18.4 Å². The Bertz CT molecular complexity index is 569. The molecule has 1 aliphatic rings. The molecule has 0 saturated carbocycles. The number of benzene rings is 1. The molecule has 7 heteroatoms. The van der Waals surface area contributed by atoms with Crippen molar-refractivity contribution in [3.63, 3.8) is 0 Å². The standard InChI is InChI=1S/C13H17NO4S2/c1-19-12-4-2-11(3-5-12)18-8-13(15)14-10-6-7-20(16,17)9-10/h2-5,10H,6-9H2,1H3,(H,14,15)/t10-/m0/s1. The van der Waals surface area contributed by atoms with E-state index in [-0.39, 0.29) is 30.1 Å². The highest BCUT2D eigenvalue weighted by Gasteiger charge is 2.28. The summed E-state index contributed by atoms with van der Waals surface area (Å²) in [5.41, 5.74) is 0. The Kier molecular flexibility index (Phi) is 4.93. The van der Waals surface area contributed by atoms with E-state index >= 15 is 0 Å². The number of nitrogens with one attached hydrogen (secondary N) is 1. The van der Waals surface area contributed by atoms with Crippen molar-refractivity contribution in [2.24, 2.45) is 0 Å². The van der Waals surface area contributed by atoms with Crippen LogP contribution in [-0.4, -0.2) is 44.7 Å². The molecule has 1 aromatic carbocycles. The second kappa shape index (κ2) is 6.49. The molecule has 1 fully saturated rings. The van der Waals surface area contributed by atoms with Gasteiger partial charge in [-0.1, -0.05) is 0 Å². The third kappa shape index (κ3) is 4.42. The van der Waals surface area contributed by atoms with Gasteiger partial charge in [-0.05, 0) is 36.9 Å². The van der Waals surface area contributed by atoms with E-state index in [1.54, 1.807) is 23.9 Å². The predicted octanol–water partition coefficient (Wildman–Crippen LogP) is 1.09. The number of carbonyl (C=O) groups excluding carboxylic acids is 1. The van der Waals surface area contributed by atoms with E-state index in [2.05, 4.69) is 5.32 Å². The first-order valence-corrected chi connectivity index (χ1v) is 9.30. The van der Waals surface area contributed by atoms with Crippen molar-refractivity contribution >= 4 is 27.5 Å². The Morgan fingerprint density at radius 3 is 2.65 bits per heavy atom. The van der Waals surface area contributed by atoms with E-state index < -0.39 is 9.84 Å². The van der Waals surface area contributed by atoms with Crippen LogP contribution in [0.3, 0.4) is 0 Å². The molecule has 110 valence electrons. The zero-order valence-corrected chi connectivity index (χ0v) is 12.8. The molecule has 2 rings (SSSR count). The van der Waals surface area contributed by atoms with Gasteiger partial charge < -0.3 is 10.1 Å². The smallest absolute Gasteiger partial charge is 0.258 e. The molecule has 1 aliphatic heterocycles. The summed E-state index contributed by atoms with van der Waals surface area (Å²) in [6.45, 7) is -0.102. The molecule has 1 N–H and O–H groups in total. The van der Waals surface area contributed by atoms with Crippen molar-refractivity contribution in [3.05, 3.63) is 24.3 Å². The summed E-state index contributed by atoms with van der Waals surface area (Å²) in [6, 6.07) is 7.16. The Hall–Kier alpha value is -1.21. The average Bonchev–Trinajstić information content (AvgIpc) is 2.76. The molecule has 0 bridgehead atoms. The van der Waals surface area contributed by atoms with Gasteiger partial charge in [0, 0.05) is 10.9 Å². The number of hydrogen-bond acceptors (Lipinski definition) is 5. The lowest BCUT2D eigenvalue weighted by Gasteiger charge is -2.11. The fourth-order valence-corrected chi connectivity index (χ4v) is 4.08. The normalized spacial score (nSPS) is 20.6. The summed E-state index contributed by atoms with van der Waals surface area (Å²) < 4.78 is 27.9. The van der Waals surface area contributed by atoms with Gasteiger partial charge in [0.25, 0.3) is 5.91 Å². The number of amides is 1. The molecule has 0 radical (unpaired) electrons. The van der Waals surface area contributed by atoms with Crippen LogP contribution in [0.4, 0.5) is 0 Å².